The largest absolute Gasteiger partial charge is 0.478 e. The zero-order valence-corrected chi connectivity index (χ0v) is 11.0. The molecule has 1 aromatic carbocycles. The number of aromatic amines is 1. The van der Waals surface area contributed by atoms with Gasteiger partial charge in [-0.1, -0.05) is 0 Å². The van der Waals surface area contributed by atoms with Crippen molar-refractivity contribution in [3.05, 3.63) is 50.1 Å². The first kappa shape index (κ1) is 12.6. The van der Waals surface area contributed by atoms with E-state index in [0.29, 0.717) is 9.32 Å². The molecule has 0 saturated carbocycles. The first-order valence-electron chi connectivity index (χ1n) is 4.82. The van der Waals surface area contributed by atoms with Crippen LogP contribution in [0.4, 0.5) is 0 Å². The number of hydrogen-bond acceptors (Lipinski definition) is 4. The molecule has 92 valence electrons. The Balaban J connectivity index is 2.26. The van der Waals surface area contributed by atoms with Gasteiger partial charge in [0.2, 0.25) is 5.88 Å². The Morgan fingerprint density at radius 2 is 2.00 bits per heavy atom. The van der Waals surface area contributed by atoms with E-state index >= 15 is 0 Å². The minimum Gasteiger partial charge on any atom is -0.478 e. The van der Waals surface area contributed by atoms with E-state index in [-0.39, 0.29) is 17.0 Å². The lowest BCUT2D eigenvalue weighted by Crippen LogP contribution is -2.11. The molecule has 0 saturated heterocycles. The molecule has 0 radical (unpaired) electrons. The van der Waals surface area contributed by atoms with Gasteiger partial charge in [0.1, 0.15) is 9.32 Å². The summed E-state index contributed by atoms with van der Waals surface area (Å²) in [6, 6.07) is 5.83. The summed E-state index contributed by atoms with van der Waals surface area (Å²) >= 11 is 1.82. The van der Waals surface area contributed by atoms with Gasteiger partial charge in [0, 0.05) is 0 Å². The fourth-order valence-corrected chi connectivity index (χ4v) is 1.62. The van der Waals surface area contributed by atoms with Crippen molar-refractivity contribution in [3.8, 4) is 11.6 Å². The minimum absolute atomic E-state index is 0.163. The number of rotatable bonds is 3. The van der Waals surface area contributed by atoms with Crippen molar-refractivity contribution < 1.29 is 14.6 Å². The third-order valence-electron chi connectivity index (χ3n) is 2.08. The van der Waals surface area contributed by atoms with Crippen molar-refractivity contribution in [2.75, 3.05) is 0 Å². The molecule has 18 heavy (non-hydrogen) atoms. The Kier molecular flexibility index (Phi) is 3.60. The van der Waals surface area contributed by atoms with Gasteiger partial charge in [-0.25, -0.2) is 9.78 Å². The quantitative estimate of drug-likeness (QED) is 0.818. The average Bonchev–Trinajstić information content (AvgIpc) is 2.36. The fourth-order valence-electron chi connectivity index (χ4n) is 1.22. The highest BCUT2D eigenvalue weighted by Gasteiger charge is 2.08. The topological polar surface area (TPSA) is 92.3 Å². The van der Waals surface area contributed by atoms with E-state index in [1.165, 1.54) is 30.6 Å². The molecule has 0 atom stereocenters. The maximum Gasteiger partial charge on any atom is 0.335 e. The molecule has 0 fully saturated rings. The van der Waals surface area contributed by atoms with Crippen molar-refractivity contribution in [2.24, 2.45) is 0 Å². The van der Waals surface area contributed by atoms with E-state index in [1.807, 2.05) is 22.6 Å². The number of halogens is 1. The zero-order valence-electron chi connectivity index (χ0n) is 8.88. The van der Waals surface area contributed by atoms with Crippen molar-refractivity contribution in [3.63, 3.8) is 0 Å². The zero-order chi connectivity index (χ0) is 13.1. The molecule has 2 rings (SSSR count). The fraction of sp³-hybridized carbons (Fsp3) is 0. The van der Waals surface area contributed by atoms with Crippen LogP contribution in [-0.2, 0) is 0 Å². The number of carbonyl (C=O) groups is 1. The Morgan fingerprint density at radius 3 is 2.61 bits per heavy atom. The second kappa shape index (κ2) is 5.17. The molecule has 0 unspecified atom stereocenters. The second-order valence-electron chi connectivity index (χ2n) is 3.28. The molecule has 1 heterocycles. The Hall–Kier alpha value is -1.90. The van der Waals surface area contributed by atoms with Gasteiger partial charge in [-0.15, -0.1) is 0 Å². The molecule has 1 aromatic heterocycles. The third-order valence-corrected chi connectivity index (χ3v) is 3.03. The normalized spacial score (nSPS) is 10.1. The van der Waals surface area contributed by atoms with Crippen molar-refractivity contribution >= 4 is 28.6 Å². The van der Waals surface area contributed by atoms with Gasteiger partial charge >= 0.3 is 5.97 Å². The van der Waals surface area contributed by atoms with Crippen LogP contribution in [0.5, 0.6) is 11.6 Å². The highest BCUT2D eigenvalue weighted by atomic mass is 127. The molecule has 0 bridgehead atoms. The molecule has 0 aliphatic heterocycles. The van der Waals surface area contributed by atoms with Gasteiger partial charge in [0.05, 0.1) is 11.9 Å². The second-order valence-corrected chi connectivity index (χ2v) is 4.36. The number of aromatic nitrogens is 2. The SMILES string of the molecule is O=C(O)c1ccc(Oc2nc[nH]c(=O)c2I)cc1. The maximum atomic E-state index is 11.3. The molecule has 0 spiro atoms. The summed E-state index contributed by atoms with van der Waals surface area (Å²) in [6.07, 6.45) is 1.24. The van der Waals surface area contributed by atoms with Crippen LogP contribution in [0.25, 0.3) is 0 Å². The summed E-state index contributed by atoms with van der Waals surface area (Å²) in [6.45, 7) is 0. The van der Waals surface area contributed by atoms with Gasteiger partial charge in [-0.05, 0) is 46.9 Å². The molecular weight excluding hydrogens is 351 g/mol. The predicted octanol–water partition coefficient (Wildman–Crippen LogP) is 1.86. The lowest BCUT2D eigenvalue weighted by molar-refractivity contribution is 0.0697. The first-order valence-corrected chi connectivity index (χ1v) is 5.90. The van der Waals surface area contributed by atoms with Crippen LogP contribution in [0.2, 0.25) is 0 Å². The summed E-state index contributed by atoms with van der Waals surface area (Å²) in [5, 5.41) is 8.75. The highest BCUT2D eigenvalue weighted by molar-refractivity contribution is 14.1. The van der Waals surface area contributed by atoms with Crippen molar-refractivity contribution in [1.29, 1.82) is 0 Å². The van der Waals surface area contributed by atoms with Crippen LogP contribution in [0.3, 0.4) is 0 Å². The number of aromatic carboxylic acids is 1. The van der Waals surface area contributed by atoms with Crippen molar-refractivity contribution in [2.45, 2.75) is 0 Å². The van der Waals surface area contributed by atoms with Gasteiger partial charge in [-0.2, -0.15) is 0 Å². The number of hydrogen-bond donors (Lipinski definition) is 2. The lowest BCUT2D eigenvalue weighted by Gasteiger charge is -2.05. The monoisotopic (exact) mass is 358 g/mol. The number of carboxylic acid groups (broad SMARTS) is 1. The van der Waals surface area contributed by atoms with Crippen LogP contribution < -0.4 is 10.3 Å². The number of benzene rings is 1. The Morgan fingerprint density at radius 1 is 1.33 bits per heavy atom. The van der Waals surface area contributed by atoms with Crippen LogP contribution in [-0.4, -0.2) is 21.0 Å². The molecular formula is C11H7IN2O4. The summed E-state index contributed by atoms with van der Waals surface area (Å²) < 4.78 is 5.72. The number of nitrogens with one attached hydrogen (secondary N) is 1. The van der Waals surface area contributed by atoms with E-state index < -0.39 is 5.97 Å². The van der Waals surface area contributed by atoms with Crippen LogP contribution in [0.15, 0.2) is 35.4 Å². The Labute approximate surface area is 115 Å². The number of ether oxygens (including phenoxy) is 1. The lowest BCUT2D eigenvalue weighted by atomic mass is 10.2. The predicted molar refractivity (Wildman–Crippen MR) is 71.1 cm³/mol. The molecule has 7 heteroatoms. The number of carboxylic acids is 1. The van der Waals surface area contributed by atoms with E-state index in [1.54, 1.807) is 0 Å². The summed E-state index contributed by atoms with van der Waals surface area (Å²) in [7, 11) is 0. The average molecular weight is 358 g/mol. The van der Waals surface area contributed by atoms with E-state index in [0.717, 1.165) is 0 Å². The molecule has 0 aliphatic rings. The standard InChI is InChI=1S/C11H7IN2O4/c12-8-9(15)13-5-14-10(8)18-7-3-1-6(2-4-7)11(16)17/h1-5H,(H,16,17)(H,13,14,15). The van der Waals surface area contributed by atoms with Crippen LogP contribution in [0.1, 0.15) is 10.4 Å². The summed E-state index contributed by atoms with van der Waals surface area (Å²) in [5.41, 5.74) is -0.126. The molecule has 2 N–H and O–H groups in total. The minimum atomic E-state index is -1.01. The molecule has 0 amide bonds. The number of H-pyrrole nitrogens is 1. The first-order chi connectivity index (χ1) is 8.58. The van der Waals surface area contributed by atoms with E-state index in [2.05, 4.69) is 9.97 Å². The summed E-state index contributed by atoms with van der Waals surface area (Å²) in [5.74, 6) is -0.413. The highest BCUT2D eigenvalue weighted by Crippen LogP contribution is 2.21. The Bertz CT molecular complexity index is 636. The van der Waals surface area contributed by atoms with E-state index in [9.17, 15) is 9.59 Å². The van der Waals surface area contributed by atoms with Gasteiger partial charge in [0.15, 0.2) is 0 Å². The van der Waals surface area contributed by atoms with Gasteiger partial charge < -0.3 is 14.8 Å². The maximum absolute atomic E-state index is 11.3. The third kappa shape index (κ3) is 2.67. The summed E-state index contributed by atoms with van der Waals surface area (Å²) in [4.78, 5) is 28.3. The van der Waals surface area contributed by atoms with E-state index in [4.69, 9.17) is 9.84 Å². The van der Waals surface area contributed by atoms with Crippen LogP contribution >= 0.6 is 22.6 Å². The van der Waals surface area contributed by atoms with Gasteiger partial charge in [-0.3, -0.25) is 4.79 Å². The molecule has 0 aliphatic carbocycles. The molecule has 2 aromatic rings. The number of nitrogens with zero attached hydrogens (tertiary/aromatic N) is 1. The molecule has 6 nitrogen and oxygen atoms in total. The van der Waals surface area contributed by atoms with Gasteiger partial charge in [0.25, 0.3) is 5.56 Å². The van der Waals surface area contributed by atoms with Crippen molar-refractivity contribution in [1.82, 2.24) is 9.97 Å². The van der Waals surface area contributed by atoms with Crippen LogP contribution in [0, 0.1) is 3.57 Å². The smallest absolute Gasteiger partial charge is 0.335 e.